The van der Waals surface area contributed by atoms with Gasteiger partial charge in [-0.25, -0.2) is 4.98 Å². The highest BCUT2D eigenvalue weighted by Gasteiger charge is 2.23. The Bertz CT molecular complexity index is 978. The van der Waals surface area contributed by atoms with Crippen molar-refractivity contribution in [1.29, 1.82) is 0 Å². The number of carbonyl (C=O) groups excluding carboxylic acids is 1. The predicted octanol–water partition coefficient (Wildman–Crippen LogP) is 2.00. The number of rotatable bonds is 6. The minimum atomic E-state index is -0.606. The van der Waals surface area contributed by atoms with Crippen LogP contribution < -0.4 is 22.1 Å². The SMILES string of the molecule is Cl.NC(=O)c1cnc(N[C@@H]2CCCC[C@@H]2N)nc1Nc1ccc(-n2nccn2)cc1. The predicted molar refractivity (Wildman–Crippen MR) is 116 cm³/mol. The van der Waals surface area contributed by atoms with Gasteiger partial charge in [-0.3, -0.25) is 4.79 Å². The molecule has 1 amide bonds. The molecule has 1 aliphatic carbocycles. The number of halogens is 1. The van der Waals surface area contributed by atoms with E-state index in [2.05, 4.69) is 30.8 Å². The molecule has 2 heterocycles. The first-order valence-electron chi connectivity index (χ1n) is 9.53. The van der Waals surface area contributed by atoms with Crippen molar-refractivity contribution in [2.45, 2.75) is 37.8 Å². The molecule has 2 atom stereocenters. The zero-order chi connectivity index (χ0) is 20.2. The highest BCUT2D eigenvalue weighted by Crippen LogP contribution is 2.23. The van der Waals surface area contributed by atoms with E-state index in [0.717, 1.165) is 37.1 Å². The maximum absolute atomic E-state index is 11.8. The molecule has 4 rings (SSSR count). The Kier molecular flexibility index (Phi) is 6.80. The standard InChI is InChI=1S/C19H23N9O.ClH/c20-15-3-1-2-4-16(15)26-19-22-11-14(17(21)29)18(27-19)25-12-5-7-13(8-6-12)28-23-9-10-24-28;/h5-11,15-16H,1-4,20H2,(H2,21,29)(H2,22,25,26,27);1H/t15-,16+;/m0./s1. The largest absolute Gasteiger partial charge is 0.365 e. The number of amides is 1. The number of carbonyl (C=O) groups is 1. The van der Waals surface area contributed by atoms with E-state index in [9.17, 15) is 4.79 Å². The molecule has 158 valence electrons. The number of hydrogen-bond donors (Lipinski definition) is 4. The van der Waals surface area contributed by atoms with Crippen molar-refractivity contribution in [2.24, 2.45) is 11.5 Å². The van der Waals surface area contributed by atoms with Gasteiger partial charge in [-0.1, -0.05) is 12.8 Å². The van der Waals surface area contributed by atoms with Gasteiger partial charge in [0.1, 0.15) is 11.4 Å². The molecule has 0 aliphatic heterocycles. The van der Waals surface area contributed by atoms with Crippen molar-refractivity contribution in [2.75, 3.05) is 10.6 Å². The molecule has 2 aromatic heterocycles. The Morgan fingerprint density at radius 2 is 1.80 bits per heavy atom. The van der Waals surface area contributed by atoms with Gasteiger partial charge in [0.25, 0.3) is 5.91 Å². The van der Waals surface area contributed by atoms with Gasteiger partial charge in [-0.2, -0.15) is 20.0 Å². The van der Waals surface area contributed by atoms with Crippen molar-refractivity contribution < 1.29 is 4.79 Å². The van der Waals surface area contributed by atoms with E-state index < -0.39 is 5.91 Å². The van der Waals surface area contributed by atoms with Crippen LogP contribution in [0.5, 0.6) is 0 Å². The molecule has 3 aromatic rings. The van der Waals surface area contributed by atoms with Crippen molar-refractivity contribution in [3.8, 4) is 5.69 Å². The third-order valence-corrected chi connectivity index (χ3v) is 4.97. The third kappa shape index (κ3) is 4.84. The van der Waals surface area contributed by atoms with Crippen molar-refractivity contribution in [3.63, 3.8) is 0 Å². The van der Waals surface area contributed by atoms with Gasteiger partial charge in [-0.15, -0.1) is 12.4 Å². The molecule has 0 saturated heterocycles. The Morgan fingerprint density at radius 1 is 1.10 bits per heavy atom. The van der Waals surface area contributed by atoms with Gasteiger partial charge >= 0.3 is 0 Å². The average Bonchev–Trinajstić information content (AvgIpc) is 3.25. The van der Waals surface area contributed by atoms with Crippen LogP contribution in [-0.2, 0) is 0 Å². The molecule has 1 aliphatic rings. The molecule has 0 spiro atoms. The van der Waals surface area contributed by atoms with Crippen molar-refractivity contribution in [1.82, 2.24) is 25.0 Å². The number of benzene rings is 1. The van der Waals surface area contributed by atoms with E-state index >= 15 is 0 Å². The average molecular weight is 430 g/mol. The summed E-state index contributed by atoms with van der Waals surface area (Å²) in [6.45, 7) is 0. The summed E-state index contributed by atoms with van der Waals surface area (Å²) >= 11 is 0. The summed E-state index contributed by atoms with van der Waals surface area (Å²) < 4.78 is 0. The number of anilines is 3. The smallest absolute Gasteiger partial charge is 0.254 e. The molecule has 11 heteroatoms. The van der Waals surface area contributed by atoms with Crippen molar-refractivity contribution in [3.05, 3.63) is 48.4 Å². The summed E-state index contributed by atoms with van der Waals surface area (Å²) in [5, 5.41) is 14.6. The molecule has 0 bridgehead atoms. The molecule has 1 fully saturated rings. The number of hydrogen-bond acceptors (Lipinski definition) is 8. The molecule has 1 saturated carbocycles. The summed E-state index contributed by atoms with van der Waals surface area (Å²) in [7, 11) is 0. The minimum Gasteiger partial charge on any atom is -0.365 e. The second-order valence-corrected chi connectivity index (χ2v) is 7.01. The summed E-state index contributed by atoms with van der Waals surface area (Å²) in [6.07, 6.45) is 8.84. The maximum atomic E-state index is 11.8. The Labute approximate surface area is 179 Å². The second-order valence-electron chi connectivity index (χ2n) is 7.01. The van der Waals surface area contributed by atoms with E-state index in [-0.39, 0.29) is 30.1 Å². The molecule has 30 heavy (non-hydrogen) atoms. The van der Waals surface area contributed by atoms with Crippen LogP contribution in [0.15, 0.2) is 42.9 Å². The number of nitrogens with one attached hydrogen (secondary N) is 2. The van der Waals surface area contributed by atoms with Crippen LogP contribution in [0.2, 0.25) is 0 Å². The quantitative estimate of drug-likeness (QED) is 0.464. The summed E-state index contributed by atoms with van der Waals surface area (Å²) in [5.41, 5.74) is 13.5. The monoisotopic (exact) mass is 429 g/mol. The zero-order valence-corrected chi connectivity index (χ0v) is 17.0. The lowest BCUT2D eigenvalue weighted by atomic mass is 9.91. The van der Waals surface area contributed by atoms with Crippen LogP contribution >= 0.6 is 12.4 Å². The number of primary amides is 1. The molecular formula is C19H24ClN9O. The zero-order valence-electron chi connectivity index (χ0n) is 16.2. The highest BCUT2D eigenvalue weighted by molar-refractivity contribution is 5.98. The van der Waals surface area contributed by atoms with E-state index in [4.69, 9.17) is 11.5 Å². The number of nitrogens with zero attached hydrogens (tertiary/aromatic N) is 5. The highest BCUT2D eigenvalue weighted by atomic mass is 35.5. The molecule has 1 aromatic carbocycles. The molecule has 10 nitrogen and oxygen atoms in total. The van der Waals surface area contributed by atoms with Gasteiger partial charge in [0.2, 0.25) is 5.95 Å². The Morgan fingerprint density at radius 3 is 2.47 bits per heavy atom. The van der Waals surface area contributed by atoms with Gasteiger partial charge in [0.05, 0.1) is 18.1 Å². The first-order valence-corrected chi connectivity index (χ1v) is 9.53. The minimum absolute atomic E-state index is 0. The molecular weight excluding hydrogens is 406 g/mol. The van der Waals surface area contributed by atoms with E-state index in [1.165, 1.54) is 11.0 Å². The fourth-order valence-corrected chi connectivity index (χ4v) is 3.40. The van der Waals surface area contributed by atoms with Crippen LogP contribution in [0, 0.1) is 0 Å². The van der Waals surface area contributed by atoms with Crippen LogP contribution in [0.25, 0.3) is 5.69 Å². The Hall–Kier alpha value is -3.24. The molecule has 6 N–H and O–H groups in total. The van der Waals surface area contributed by atoms with Crippen molar-refractivity contribution >= 4 is 35.8 Å². The van der Waals surface area contributed by atoms with Gasteiger partial charge in [0.15, 0.2) is 0 Å². The first-order chi connectivity index (χ1) is 14.1. The molecule has 0 radical (unpaired) electrons. The fourth-order valence-electron chi connectivity index (χ4n) is 3.40. The lowest BCUT2D eigenvalue weighted by Gasteiger charge is -2.29. The van der Waals surface area contributed by atoms with Gasteiger partial charge < -0.3 is 22.1 Å². The van der Waals surface area contributed by atoms with Gasteiger partial charge in [-0.05, 0) is 37.1 Å². The third-order valence-electron chi connectivity index (χ3n) is 4.97. The van der Waals surface area contributed by atoms with E-state index in [1.807, 2.05) is 24.3 Å². The Balaban J connectivity index is 0.00000256. The second kappa shape index (κ2) is 9.51. The number of aromatic nitrogens is 5. The van der Waals surface area contributed by atoms with Crippen LogP contribution in [-0.4, -0.2) is 43.0 Å². The van der Waals surface area contributed by atoms with Crippen LogP contribution in [0.3, 0.4) is 0 Å². The van der Waals surface area contributed by atoms with Crippen LogP contribution in [0.4, 0.5) is 17.5 Å². The summed E-state index contributed by atoms with van der Waals surface area (Å²) in [5.74, 6) is 0.146. The number of nitrogens with two attached hydrogens (primary N) is 2. The molecule has 0 unspecified atom stereocenters. The van der Waals surface area contributed by atoms with E-state index in [1.54, 1.807) is 12.4 Å². The van der Waals surface area contributed by atoms with Gasteiger partial charge in [0, 0.05) is 24.0 Å². The summed E-state index contributed by atoms with van der Waals surface area (Å²) in [6, 6.07) is 7.56. The lowest BCUT2D eigenvalue weighted by molar-refractivity contribution is 0.100. The van der Waals surface area contributed by atoms with E-state index in [0.29, 0.717) is 11.8 Å². The first kappa shape index (κ1) is 21.5. The normalized spacial score (nSPS) is 18.3. The fraction of sp³-hybridized carbons (Fsp3) is 0.316. The topological polar surface area (TPSA) is 150 Å². The van der Waals surface area contributed by atoms with Crippen LogP contribution in [0.1, 0.15) is 36.0 Å². The summed E-state index contributed by atoms with van der Waals surface area (Å²) in [4.78, 5) is 22.0. The lowest BCUT2D eigenvalue weighted by Crippen LogP contribution is -2.43. The maximum Gasteiger partial charge on any atom is 0.254 e.